The molecule has 0 aromatic heterocycles. The van der Waals surface area contributed by atoms with Crippen molar-refractivity contribution in [3.63, 3.8) is 0 Å². The maximum atomic E-state index is 11.7. The Hall–Kier alpha value is -0.970. The van der Waals surface area contributed by atoms with Crippen LogP contribution in [0.5, 0.6) is 0 Å². The molecule has 9 nitrogen and oxygen atoms in total. The molecular formula is C12H25NO8. The predicted octanol–water partition coefficient (Wildman–Crippen LogP) is -2.39. The largest absolute Gasteiger partial charge is 0.444 e. The molecule has 0 aromatic rings. The second kappa shape index (κ2) is 7.87. The second-order valence-electron chi connectivity index (χ2n) is 5.73. The van der Waals surface area contributed by atoms with Crippen LogP contribution in [0.15, 0.2) is 0 Å². The average molecular weight is 311 g/mol. The van der Waals surface area contributed by atoms with Crippen LogP contribution in [-0.4, -0.2) is 91.5 Å². The Morgan fingerprint density at radius 1 is 1.05 bits per heavy atom. The Morgan fingerprint density at radius 2 is 1.52 bits per heavy atom. The zero-order chi connectivity index (χ0) is 17.0. The summed E-state index contributed by atoms with van der Waals surface area (Å²) in [5.41, 5.74) is -0.818. The predicted molar refractivity (Wildman–Crippen MR) is 71.1 cm³/mol. The van der Waals surface area contributed by atoms with Crippen LogP contribution in [0.3, 0.4) is 0 Å². The summed E-state index contributed by atoms with van der Waals surface area (Å²) in [5, 5.41) is 56.4. The zero-order valence-electron chi connectivity index (χ0n) is 12.5. The first kappa shape index (κ1) is 20.0. The monoisotopic (exact) mass is 311 g/mol. The van der Waals surface area contributed by atoms with E-state index >= 15 is 0 Å². The van der Waals surface area contributed by atoms with Crippen LogP contribution < -0.4 is 0 Å². The van der Waals surface area contributed by atoms with Gasteiger partial charge in [0.25, 0.3) is 0 Å². The molecule has 0 spiro atoms. The number of carbonyl (C=O) groups excluding carboxylic acids is 1. The molecule has 0 aliphatic carbocycles. The van der Waals surface area contributed by atoms with Gasteiger partial charge in [0, 0.05) is 7.05 Å². The van der Waals surface area contributed by atoms with E-state index in [1.165, 1.54) is 0 Å². The molecule has 0 radical (unpaired) electrons. The number of rotatable bonds is 6. The third-order valence-electron chi connectivity index (χ3n) is 2.66. The van der Waals surface area contributed by atoms with E-state index in [1.807, 2.05) is 0 Å². The summed E-state index contributed by atoms with van der Waals surface area (Å²) in [4.78, 5) is 12.3. The van der Waals surface area contributed by atoms with Crippen molar-refractivity contribution in [3.05, 3.63) is 0 Å². The lowest BCUT2D eigenvalue weighted by Gasteiger charge is -2.33. The molecule has 21 heavy (non-hydrogen) atoms. The Bertz CT molecular complexity index is 332. The van der Waals surface area contributed by atoms with Gasteiger partial charge >= 0.3 is 6.09 Å². The van der Waals surface area contributed by atoms with Crippen LogP contribution in [0.2, 0.25) is 0 Å². The molecule has 0 rings (SSSR count). The number of ether oxygens (including phenoxy) is 1. The number of nitrogens with zero attached hydrogens (tertiary/aromatic N) is 1. The van der Waals surface area contributed by atoms with E-state index in [0.717, 1.165) is 7.05 Å². The molecule has 126 valence electrons. The number of amides is 1. The van der Waals surface area contributed by atoms with Gasteiger partial charge in [-0.15, -0.1) is 0 Å². The molecule has 9 heteroatoms. The van der Waals surface area contributed by atoms with Crippen molar-refractivity contribution in [2.24, 2.45) is 0 Å². The smallest absolute Gasteiger partial charge is 0.412 e. The highest BCUT2D eigenvalue weighted by molar-refractivity contribution is 5.68. The maximum Gasteiger partial charge on any atom is 0.412 e. The van der Waals surface area contributed by atoms with Crippen molar-refractivity contribution in [2.45, 2.75) is 57.0 Å². The fourth-order valence-electron chi connectivity index (χ4n) is 1.39. The summed E-state index contributed by atoms with van der Waals surface area (Å²) >= 11 is 0. The number of aliphatic hydroxyl groups is 6. The van der Waals surface area contributed by atoms with Gasteiger partial charge in [0.1, 0.15) is 30.0 Å². The van der Waals surface area contributed by atoms with E-state index < -0.39 is 48.9 Å². The van der Waals surface area contributed by atoms with E-state index in [9.17, 15) is 30.3 Å². The van der Waals surface area contributed by atoms with Crippen molar-refractivity contribution in [2.75, 3.05) is 13.7 Å². The first-order valence-electron chi connectivity index (χ1n) is 6.39. The quantitative estimate of drug-likeness (QED) is 0.297. The summed E-state index contributed by atoms with van der Waals surface area (Å²) in [5.74, 6) is 0. The molecule has 5 atom stereocenters. The Labute approximate surface area is 123 Å². The molecule has 0 bridgehead atoms. The molecule has 6 N–H and O–H groups in total. The first-order valence-corrected chi connectivity index (χ1v) is 6.39. The Morgan fingerprint density at radius 3 is 1.90 bits per heavy atom. The Kier molecular flexibility index (Phi) is 7.51. The first-order chi connectivity index (χ1) is 9.42. The highest BCUT2D eigenvalue weighted by Gasteiger charge is 2.37. The highest BCUT2D eigenvalue weighted by atomic mass is 16.6. The molecule has 0 heterocycles. The summed E-state index contributed by atoms with van der Waals surface area (Å²) in [7, 11) is 1.13. The van der Waals surface area contributed by atoms with Gasteiger partial charge in [-0.3, -0.25) is 4.90 Å². The van der Waals surface area contributed by atoms with Gasteiger partial charge in [-0.1, -0.05) is 0 Å². The molecule has 0 fully saturated rings. The third kappa shape index (κ3) is 6.12. The standard InChI is InChI=1S/C12H25NO8/c1-12(2,3)21-11(20)13(4)10(19)9(18)8(17)7(16)6(15)5-14/h6-10,14-19H,5H2,1-4H3/t6-,7-,8+,9-,10?/m1/s1. The van der Waals surface area contributed by atoms with Gasteiger partial charge in [-0.25, -0.2) is 4.79 Å². The topological polar surface area (TPSA) is 151 Å². The lowest BCUT2D eigenvalue weighted by atomic mass is 10.0. The van der Waals surface area contributed by atoms with Crippen LogP contribution in [-0.2, 0) is 4.74 Å². The zero-order valence-corrected chi connectivity index (χ0v) is 12.5. The Balaban J connectivity index is 4.75. The van der Waals surface area contributed by atoms with Gasteiger partial charge in [-0.2, -0.15) is 0 Å². The molecular weight excluding hydrogens is 286 g/mol. The molecule has 0 aromatic carbocycles. The molecule has 0 saturated carbocycles. The third-order valence-corrected chi connectivity index (χ3v) is 2.66. The van der Waals surface area contributed by atoms with Crippen LogP contribution in [0.1, 0.15) is 20.8 Å². The van der Waals surface area contributed by atoms with Crippen LogP contribution >= 0.6 is 0 Å². The number of carbonyl (C=O) groups is 1. The van der Waals surface area contributed by atoms with Crippen LogP contribution in [0, 0.1) is 0 Å². The van der Waals surface area contributed by atoms with Crippen LogP contribution in [0.25, 0.3) is 0 Å². The molecule has 0 aliphatic heterocycles. The van der Waals surface area contributed by atoms with Crippen molar-refractivity contribution < 1.29 is 40.2 Å². The molecule has 0 aliphatic rings. The van der Waals surface area contributed by atoms with E-state index in [1.54, 1.807) is 20.8 Å². The maximum absolute atomic E-state index is 11.7. The summed E-state index contributed by atoms with van der Waals surface area (Å²) < 4.78 is 4.96. The molecule has 1 unspecified atom stereocenters. The normalized spacial score (nSPS) is 19.3. The fourth-order valence-corrected chi connectivity index (χ4v) is 1.39. The number of likely N-dealkylation sites (N-methyl/N-ethyl adjacent to an activating group) is 1. The molecule has 1 amide bonds. The minimum Gasteiger partial charge on any atom is -0.444 e. The second-order valence-corrected chi connectivity index (χ2v) is 5.73. The van der Waals surface area contributed by atoms with E-state index in [0.29, 0.717) is 4.90 Å². The van der Waals surface area contributed by atoms with Crippen molar-refractivity contribution in [3.8, 4) is 0 Å². The minimum atomic E-state index is -1.98. The minimum absolute atomic E-state index is 0.636. The van der Waals surface area contributed by atoms with Gasteiger partial charge in [0.2, 0.25) is 0 Å². The van der Waals surface area contributed by atoms with Crippen molar-refractivity contribution >= 4 is 6.09 Å². The average Bonchev–Trinajstić information content (AvgIpc) is 2.40. The summed E-state index contributed by atoms with van der Waals surface area (Å²) in [6, 6.07) is 0. The number of hydrogen-bond acceptors (Lipinski definition) is 8. The van der Waals surface area contributed by atoms with E-state index in [2.05, 4.69) is 0 Å². The number of aliphatic hydroxyl groups excluding tert-OH is 6. The lowest BCUT2D eigenvalue weighted by molar-refractivity contribution is -0.163. The van der Waals surface area contributed by atoms with E-state index in [-0.39, 0.29) is 0 Å². The van der Waals surface area contributed by atoms with Gasteiger partial charge in [0.15, 0.2) is 6.23 Å². The molecule has 0 saturated heterocycles. The van der Waals surface area contributed by atoms with Gasteiger partial charge in [0.05, 0.1) is 6.61 Å². The number of hydrogen-bond donors (Lipinski definition) is 6. The lowest BCUT2D eigenvalue weighted by Crippen LogP contribution is -2.55. The highest BCUT2D eigenvalue weighted by Crippen LogP contribution is 2.14. The fraction of sp³-hybridized carbons (Fsp3) is 0.917. The van der Waals surface area contributed by atoms with Gasteiger partial charge < -0.3 is 35.4 Å². The summed E-state index contributed by atoms with van der Waals surface area (Å²) in [6.07, 6.45) is -10.4. The van der Waals surface area contributed by atoms with Gasteiger partial charge in [-0.05, 0) is 20.8 Å². The van der Waals surface area contributed by atoms with E-state index in [4.69, 9.17) is 9.84 Å². The van der Waals surface area contributed by atoms with Crippen LogP contribution in [0.4, 0.5) is 4.79 Å². The summed E-state index contributed by atoms with van der Waals surface area (Å²) in [6.45, 7) is 3.98. The van der Waals surface area contributed by atoms with Crippen molar-refractivity contribution in [1.82, 2.24) is 4.90 Å². The van der Waals surface area contributed by atoms with Crippen molar-refractivity contribution in [1.29, 1.82) is 0 Å². The SMILES string of the molecule is CN(C(=O)OC(C)(C)C)C(O)[C@H](O)[C@@H](O)[C@H](O)[C@H](O)CO.